The number of hydrogen-bond acceptors (Lipinski definition) is 4. The van der Waals surface area contributed by atoms with Gasteiger partial charge in [-0.25, -0.2) is 14.4 Å². The summed E-state index contributed by atoms with van der Waals surface area (Å²) in [6, 6.07) is 7.63. The van der Waals surface area contributed by atoms with Gasteiger partial charge in [0.25, 0.3) is 0 Å². The lowest BCUT2D eigenvalue weighted by molar-refractivity contribution is 0.0277. The standard InChI is InChI=1S/C18H14F3N3S/c1-25-16-13-4-2-3-12(10-5-6-10)15(13)23-17(24-16)18(20,21)14-8-7-11(19)9-22-14/h2-4,7-10H,5-6H2,1H3. The van der Waals surface area contributed by atoms with Crippen LogP contribution >= 0.6 is 11.8 Å². The number of hydrogen-bond donors (Lipinski definition) is 0. The van der Waals surface area contributed by atoms with Crippen LogP contribution in [0.15, 0.2) is 41.6 Å². The zero-order chi connectivity index (χ0) is 17.6. The van der Waals surface area contributed by atoms with Crippen molar-refractivity contribution in [2.24, 2.45) is 0 Å². The van der Waals surface area contributed by atoms with E-state index in [9.17, 15) is 13.2 Å². The summed E-state index contributed by atoms with van der Waals surface area (Å²) in [5, 5.41) is 1.29. The summed E-state index contributed by atoms with van der Waals surface area (Å²) in [5.74, 6) is -4.39. The lowest BCUT2D eigenvalue weighted by Gasteiger charge is -2.17. The number of nitrogens with zero attached hydrogens (tertiary/aromatic N) is 3. The Labute approximate surface area is 146 Å². The first kappa shape index (κ1) is 16.3. The Morgan fingerprint density at radius 2 is 1.92 bits per heavy atom. The van der Waals surface area contributed by atoms with Crippen LogP contribution in [0.25, 0.3) is 10.9 Å². The van der Waals surface area contributed by atoms with Crippen LogP contribution < -0.4 is 0 Å². The molecule has 0 saturated heterocycles. The number of benzene rings is 1. The molecule has 1 aromatic carbocycles. The van der Waals surface area contributed by atoms with Crippen LogP contribution in [0.2, 0.25) is 0 Å². The Hall–Kier alpha value is -2.15. The first-order valence-corrected chi connectivity index (χ1v) is 9.08. The molecule has 0 unspecified atom stereocenters. The molecule has 2 aromatic heterocycles. The third kappa shape index (κ3) is 2.86. The van der Waals surface area contributed by atoms with Gasteiger partial charge < -0.3 is 0 Å². The minimum absolute atomic E-state index is 0.374. The molecule has 0 N–H and O–H groups in total. The van der Waals surface area contributed by atoms with Crippen LogP contribution in [-0.4, -0.2) is 21.2 Å². The maximum atomic E-state index is 14.9. The highest BCUT2D eigenvalue weighted by Crippen LogP contribution is 2.44. The highest BCUT2D eigenvalue weighted by atomic mass is 32.2. The van der Waals surface area contributed by atoms with Gasteiger partial charge in [0.1, 0.15) is 16.5 Å². The van der Waals surface area contributed by atoms with Crippen molar-refractivity contribution < 1.29 is 13.2 Å². The number of thioether (sulfide) groups is 1. The maximum absolute atomic E-state index is 14.9. The lowest BCUT2D eigenvalue weighted by atomic mass is 10.1. The molecule has 0 spiro atoms. The second-order valence-corrected chi connectivity index (χ2v) is 6.81. The first-order valence-electron chi connectivity index (χ1n) is 7.85. The number of para-hydroxylation sites is 1. The minimum atomic E-state index is -3.50. The molecule has 1 aliphatic carbocycles. The Kier molecular flexibility index (Phi) is 3.91. The number of alkyl halides is 2. The van der Waals surface area contributed by atoms with Gasteiger partial charge >= 0.3 is 5.92 Å². The molecule has 4 rings (SSSR count). The van der Waals surface area contributed by atoms with E-state index < -0.39 is 23.3 Å². The molecule has 128 valence electrons. The second kappa shape index (κ2) is 5.98. The van der Waals surface area contributed by atoms with Crippen molar-refractivity contribution in [3.63, 3.8) is 0 Å². The van der Waals surface area contributed by atoms with Gasteiger partial charge in [-0.05, 0) is 42.7 Å². The smallest absolute Gasteiger partial charge is 0.251 e. The molecule has 7 heteroatoms. The molecular weight excluding hydrogens is 347 g/mol. The number of fused-ring (bicyclic) bond motifs is 1. The fourth-order valence-corrected chi connectivity index (χ4v) is 3.40. The molecule has 2 heterocycles. The van der Waals surface area contributed by atoms with Crippen LogP contribution in [0, 0.1) is 5.82 Å². The fourth-order valence-electron chi connectivity index (χ4n) is 2.84. The molecule has 0 aliphatic heterocycles. The van der Waals surface area contributed by atoms with E-state index in [2.05, 4.69) is 15.0 Å². The summed E-state index contributed by atoms with van der Waals surface area (Å²) in [7, 11) is 0. The maximum Gasteiger partial charge on any atom is 0.348 e. The van der Waals surface area contributed by atoms with Crippen LogP contribution in [0.4, 0.5) is 13.2 Å². The van der Waals surface area contributed by atoms with E-state index in [4.69, 9.17) is 0 Å². The zero-order valence-electron chi connectivity index (χ0n) is 13.3. The van der Waals surface area contributed by atoms with E-state index in [1.807, 2.05) is 18.2 Å². The van der Waals surface area contributed by atoms with Gasteiger partial charge in [0.05, 0.1) is 11.7 Å². The normalized spacial score (nSPS) is 14.9. The average molecular weight is 361 g/mol. The monoisotopic (exact) mass is 361 g/mol. The van der Waals surface area contributed by atoms with Crippen molar-refractivity contribution in [3.05, 3.63) is 59.4 Å². The van der Waals surface area contributed by atoms with Crippen LogP contribution in [-0.2, 0) is 5.92 Å². The molecular formula is C18H14F3N3S. The summed E-state index contributed by atoms with van der Waals surface area (Å²) in [5.41, 5.74) is 0.990. The quantitative estimate of drug-likeness (QED) is 0.489. The van der Waals surface area contributed by atoms with Gasteiger partial charge in [-0.2, -0.15) is 8.78 Å². The Morgan fingerprint density at radius 1 is 1.12 bits per heavy atom. The molecule has 0 radical (unpaired) electrons. The van der Waals surface area contributed by atoms with E-state index in [0.717, 1.165) is 42.1 Å². The number of pyridine rings is 1. The summed E-state index contributed by atoms with van der Waals surface area (Å²) >= 11 is 1.30. The summed E-state index contributed by atoms with van der Waals surface area (Å²) in [6.45, 7) is 0. The second-order valence-electron chi connectivity index (χ2n) is 6.01. The molecule has 3 aromatic rings. The van der Waals surface area contributed by atoms with Gasteiger partial charge in [-0.3, -0.25) is 4.98 Å². The molecule has 1 aliphatic rings. The van der Waals surface area contributed by atoms with Crippen molar-refractivity contribution in [3.8, 4) is 0 Å². The molecule has 0 bridgehead atoms. The molecule has 1 saturated carbocycles. The highest BCUT2D eigenvalue weighted by molar-refractivity contribution is 7.98. The van der Waals surface area contributed by atoms with E-state index in [1.54, 1.807) is 6.26 Å². The zero-order valence-corrected chi connectivity index (χ0v) is 14.2. The molecule has 0 atom stereocenters. The van der Waals surface area contributed by atoms with Crippen molar-refractivity contribution in [1.82, 2.24) is 15.0 Å². The predicted octanol–water partition coefficient (Wildman–Crippen LogP) is 4.90. The van der Waals surface area contributed by atoms with Crippen LogP contribution in [0.1, 0.15) is 35.8 Å². The van der Waals surface area contributed by atoms with Gasteiger partial charge in [0, 0.05) is 5.39 Å². The third-order valence-corrected chi connectivity index (χ3v) is 4.96. The molecule has 1 fully saturated rings. The summed E-state index contributed by atoms with van der Waals surface area (Å²) in [6.07, 6.45) is 4.66. The van der Waals surface area contributed by atoms with Crippen molar-refractivity contribution in [1.29, 1.82) is 0 Å². The highest BCUT2D eigenvalue weighted by Gasteiger charge is 2.40. The van der Waals surface area contributed by atoms with E-state index >= 15 is 0 Å². The van der Waals surface area contributed by atoms with E-state index in [0.29, 0.717) is 16.5 Å². The SMILES string of the molecule is CSc1nc(C(F)(F)c2ccc(F)cn2)nc2c(C3CC3)cccc12. The van der Waals surface area contributed by atoms with Crippen molar-refractivity contribution in [2.75, 3.05) is 6.26 Å². The fraction of sp³-hybridized carbons (Fsp3) is 0.278. The molecule has 3 nitrogen and oxygen atoms in total. The average Bonchev–Trinajstić information content (AvgIpc) is 3.45. The Morgan fingerprint density at radius 3 is 2.56 bits per heavy atom. The summed E-state index contributed by atoms with van der Waals surface area (Å²) < 4.78 is 42.8. The summed E-state index contributed by atoms with van der Waals surface area (Å²) in [4.78, 5) is 11.8. The molecule has 25 heavy (non-hydrogen) atoms. The third-order valence-electron chi connectivity index (χ3n) is 4.26. The number of halogens is 3. The Bertz CT molecular complexity index is 940. The van der Waals surface area contributed by atoms with E-state index in [1.165, 1.54) is 11.8 Å². The first-order chi connectivity index (χ1) is 12.0. The van der Waals surface area contributed by atoms with Crippen LogP contribution in [0.3, 0.4) is 0 Å². The number of rotatable bonds is 4. The largest absolute Gasteiger partial charge is 0.348 e. The van der Waals surface area contributed by atoms with E-state index in [-0.39, 0.29) is 0 Å². The van der Waals surface area contributed by atoms with Gasteiger partial charge in [-0.1, -0.05) is 18.2 Å². The predicted molar refractivity (Wildman–Crippen MR) is 90.5 cm³/mol. The number of aromatic nitrogens is 3. The van der Waals surface area contributed by atoms with Gasteiger partial charge in [0.2, 0.25) is 5.82 Å². The van der Waals surface area contributed by atoms with Crippen molar-refractivity contribution >= 4 is 22.7 Å². The van der Waals surface area contributed by atoms with Gasteiger partial charge in [-0.15, -0.1) is 11.8 Å². The van der Waals surface area contributed by atoms with Crippen LogP contribution in [0.5, 0.6) is 0 Å². The lowest BCUT2D eigenvalue weighted by Crippen LogP contribution is -2.21. The molecule has 0 amide bonds. The Balaban J connectivity index is 1.92. The van der Waals surface area contributed by atoms with Gasteiger partial charge in [0.15, 0.2) is 0 Å². The van der Waals surface area contributed by atoms with Crippen molar-refractivity contribution in [2.45, 2.75) is 29.7 Å². The topological polar surface area (TPSA) is 38.7 Å². The minimum Gasteiger partial charge on any atom is -0.251 e.